The van der Waals surface area contributed by atoms with Crippen LogP contribution in [-0.2, 0) is 0 Å². The normalized spacial score (nSPS) is 41.2. The smallest absolute Gasteiger partial charge is 0.0301 e. The van der Waals surface area contributed by atoms with E-state index in [1.54, 1.807) is 0 Å². The summed E-state index contributed by atoms with van der Waals surface area (Å²) < 4.78 is 0. The van der Waals surface area contributed by atoms with Crippen LogP contribution < -0.4 is 0 Å². The minimum atomic E-state index is 0.505. The molecule has 88 valence electrons. The quantitative estimate of drug-likeness (QED) is 0.539. The van der Waals surface area contributed by atoms with Crippen LogP contribution in [0.4, 0.5) is 0 Å². The van der Waals surface area contributed by atoms with Crippen molar-refractivity contribution in [1.82, 2.24) is 0 Å². The Morgan fingerprint density at radius 2 is 1.40 bits per heavy atom. The average Bonchev–Trinajstić information content (AvgIpc) is 2.75. The monoisotopic (exact) mass is 208 g/mol. The second kappa shape index (κ2) is 3.25. The summed E-state index contributed by atoms with van der Waals surface area (Å²) in [5.41, 5.74) is 1.02. The molecule has 0 amide bonds. The van der Waals surface area contributed by atoms with E-state index < -0.39 is 0 Å². The Balaban J connectivity index is 2.21. The van der Waals surface area contributed by atoms with Gasteiger partial charge in [-0.15, -0.1) is 0 Å². The van der Waals surface area contributed by atoms with Gasteiger partial charge in [0.1, 0.15) is 0 Å². The Labute approximate surface area is 95.8 Å². The summed E-state index contributed by atoms with van der Waals surface area (Å²) in [7, 11) is 0. The Bertz CT molecular complexity index is 238. The van der Waals surface area contributed by atoms with Gasteiger partial charge in [-0.25, -0.2) is 0 Å². The molecule has 0 nitrogen and oxygen atoms in total. The molecule has 0 heterocycles. The van der Waals surface area contributed by atoms with E-state index in [1.807, 2.05) is 0 Å². The molecule has 4 atom stereocenters. The highest BCUT2D eigenvalue weighted by molar-refractivity contribution is 5.04. The molecule has 0 radical (unpaired) electrons. The third-order valence-electron chi connectivity index (χ3n) is 4.83. The molecule has 0 heteroatoms. The van der Waals surface area contributed by atoms with Crippen LogP contribution in [0, 0.1) is 34.5 Å². The second-order valence-corrected chi connectivity index (χ2v) is 8.10. The van der Waals surface area contributed by atoms with Crippen LogP contribution in [0.3, 0.4) is 0 Å². The molecule has 2 saturated carbocycles. The van der Waals surface area contributed by atoms with E-state index in [1.165, 1.54) is 19.3 Å². The van der Waals surface area contributed by atoms with Crippen molar-refractivity contribution in [3.05, 3.63) is 0 Å². The molecule has 0 bridgehead atoms. The van der Waals surface area contributed by atoms with Crippen LogP contribution in [0.25, 0.3) is 0 Å². The zero-order valence-electron chi connectivity index (χ0n) is 11.4. The molecule has 15 heavy (non-hydrogen) atoms. The fourth-order valence-corrected chi connectivity index (χ4v) is 4.13. The maximum absolute atomic E-state index is 2.46. The number of rotatable bonds is 0. The van der Waals surface area contributed by atoms with Crippen molar-refractivity contribution in [1.29, 1.82) is 0 Å². The van der Waals surface area contributed by atoms with E-state index in [2.05, 4.69) is 41.5 Å². The largest absolute Gasteiger partial charge is 0.0599 e. The first-order valence-electron chi connectivity index (χ1n) is 6.71. The van der Waals surface area contributed by atoms with Crippen LogP contribution in [0.1, 0.15) is 60.8 Å². The van der Waals surface area contributed by atoms with Gasteiger partial charge in [0.15, 0.2) is 0 Å². The van der Waals surface area contributed by atoms with Crippen LogP contribution in [0.15, 0.2) is 0 Å². The predicted molar refractivity (Wildman–Crippen MR) is 66.7 cm³/mol. The highest BCUT2D eigenvalue weighted by Crippen LogP contribution is 2.62. The third-order valence-corrected chi connectivity index (χ3v) is 4.83. The first-order chi connectivity index (χ1) is 6.71. The molecule has 2 fully saturated rings. The summed E-state index contributed by atoms with van der Waals surface area (Å²) >= 11 is 0. The van der Waals surface area contributed by atoms with Crippen molar-refractivity contribution in [3.63, 3.8) is 0 Å². The maximum Gasteiger partial charge on any atom is -0.0301 e. The Morgan fingerprint density at radius 1 is 0.800 bits per heavy atom. The molecule has 2 rings (SSSR count). The third kappa shape index (κ3) is 2.10. The van der Waals surface area contributed by atoms with E-state index in [9.17, 15) is 0 Å². The maximum atomic E-state index is 2.46. The standard InChI is InChI=1S/C15H28/c1-14(2,3)12-8-7-10-9-11(10)13(12)15(4,5)6/h10-13H,7-9H2,1-6H3/t10-,11+,12?,13?/m1/s1. The summed E-state index contributed by atoms with van der Waals surface area (Å²) in [5, 5.41) is 0. The van der Waals surface area contributed by atoms with Gasteiger partial charge in [-0.3, -0.25) is 0 Å². The van der Waals surface area contributed by atoms with E-state index in [4.69, 9.17) is 0 Å². The lowest BCUT2D eigenvalue weighted by Crippen LogP contribution is -2.39. The van der Waals surface area contributed by atoms with E-state index in [-0.39, 0.29) is 0 Å². The fourth-order valence-electron chi connectivity index (χ4n) is 4.13. The molecular weight excluding hydrogens is 180 g/mol. The average molecular weight is 208 g/mol. The molecule has 0 spiro atoms. The Hall–Kier alpha value is 0. The van der Waals surface area contributed by atoms with Gasteiger partial charge in [0.2, 0.25) is 0 Å². The zero-order chi connectivity index (χ0) is 11.4. The van der Waals surface area contributed by atoms with E-state index >= 15 is 0 Å². The van der Waals surface area contributed by atoms with Gasteiger partial charge in [-0.2, -0.15) is 0 Å². The fraction of sp³-hybridized carbons (Fsp3) is 1.00. The molecule has 2 aliphatic carbocycles. The predicted octanol–water partition coefficient (Wildman–Crippen LogP) is 4.74. The van der Waals surface area contributed by atoms with Crippen molar-refractivity contribution in [2.45, 2.75) is 60.8 Å². The summed E-state index contributed by atoms with van der Waals surface area (Å²) in [6.45, 7) is 14.7. The van der Waals surface area contributed by atoms with Crippen molar-refractivity contribution in [3.8, 4) is 0 Å². The first-order valence-corrected chi connectivity index (χ1v) is 6.71. The number of hydrogen-bond acceptors (Lipinski definition) is 0. The summed E-state index contributed by atoms with van der Waals surface area (Å²) in [6, 6.07) is 0. The summed E-state index contributed by atoms with van der Waals surface area (Å²) in [6.07, 6.45) is 4.53. The highest BCUT2D eigenvalue weighted by atomic mass is 14.6. The number of fused-ring (bicyclic) bond motifs is 1. The topological polar surface area (TPSA) is 0 Å². The molecule has 0 N–H and O–H groups in total. The van der Waals surface area contributed by atoms with Crippen LogP contribution in [-0.4, -0.2) is 0 Å². The van der Waals surface area contributed by atoms with Crippen LogP contribution >= 0.6 is 0 Å². The molecular formula is C15H28. The van der Waals surface area contributed by atoms with E-state index in [0.29, 0.717) is 10.8 Å². The van der Waals surface area contributed by atoms with Crippen molar-refractivity contribution >= 4 is 0 Å². The van der Waals surface area contributed by atoms with Crippen molar-refractivity contribution in [2.75, 3.05) is 0 Å². The number of hydrogen-bond donors (Lipinski definition) is 0. The zero-order valence-corrected chi connectivity index (χ0v) is 11.4. The molecule has 0 aromatic heterocycles. The minimum Gasteiger partial charge on any atom is -0.0599 e. The van der Waals surface area contributed by atoms with Gasteiger partial charge >= 0.3 is 0 Å². The lowest BCUT2D eigenvalue weighted by Gasteiger charge is -2.46. The highest BCUT2D eigenvalue weighted by Gasteiger charge is 2.55. The SMILES string of the molecule is CC(C)(C)C1CC[C@@H]2C[C@@H]2C1C(C)(C)C. The lowest BCUT2D eigenvalue weighted by molar-refractivity contribution is 0.0232. The van der Waals surface area contributed by atoms with Gasteiger partial charge in [0.25, 0.3) is 0 Å². The van der Waals surface area contributed by atoms with Gasteiger partial charge < -0.3 is 0 Å². The minimum absolute atomic E-state index is 0.505. The van der Waals surface area contributed by atoms with E-state index in [0.717, 1.165) is 23.7 Å². The molecule has 0 aromatic rings. The molecule has 0 saturated heterocycles. The molecule has 2 unspecified atom stereocenters. The molecule has 2 aliphatic rings. The van der Waals surface area contributed by atoms with Crippen LogP contribution in [0.2, 0.25) is 0 Å². The second-order valence-electron chi connectivity index (χ2n) is 8.10. The van der Waals surface area contributed by atoms with Gasteiger partial charge in [0, 0.05) is 0 Å². The van der Waals surface area contributed by atoms with Gasteiger partial charge in [0.05, 0.1) is 0 Å². The first kappa shape index (κ1) is 11.5. The van der Waals surface area contributed by atoms with Crippen LogP contribution in [0.5, 0.6) is 0 Å². The summed E-state index contributed by atoms with van der Waals surface area (Å²) in [4.78, 5) is 0. The Morgan fingerprint density at radius 3 is 1.87 bits per heavy atom. The molecule has 0 aromatic carbocycles. The van der Waals surface area contributed by atoms with Gasteiger partial charge in [-0.1, -0.05) is 41.5 Å². The van der Waals surface area contributed by atoms with Crippen molar-refractivity contribution in [2.24, 2.45) is 34.5 Å². The lowest BCUT2D eigenvalue weighted by atomic mass is 9.59. The van der Waals surface area contributed by atoms with Crippen molar-refractivity contribution < 1.29 is 0 Å². The van der Waals surface area contributed by atoms with Gasteiger partial charge in [-0.05, 0) is 53.8 Å². The Kier molecular flexibility index (Phi) is 2.48. The molecule has 0 aliphatic heterocycles. The summed E-state index contributed by atoms with van der Waals surface area (Å²) in [5.74, 6) is 4.09.